The Morgan fingerprint density at radius 3 is 2.84 bits per heavy atom. The van der Waals surface area contributed by atoms with E-state index >= 15 is 0 Å². The van der Waals surface area contributed by atoms with Gasteiger partial charge in [0, 0.05) is 17.4 Å². The van der Waals surface area contributed by atoms with E-state index in [2.05, 4.69) is 4.98 Å². The third-order valence-corrected chi connectivity index (χ3v) is 2.96. The molecule has 0 bridgehead atoms. The molecule has 3 N–H and O–H groups in total. The van der Waals surface area contributed by atoms with Crippen molar-refractivity contribution in [1.82, 2.24) is 4.98 Å². The van der Waals surface area contributed by atoms with Crippen LogP contribution in [-0.4, -0.2) is 29.2 Å². The Hall–Kier alpha value is -2.14. The first-order valence-corrected chi connectivity index (χ1v) is 5.94. The molecule has 1 aromatic carbocycles. The van der Waals surface area contributed by atoms with Gasteiger partial charge in [0.05, 0.1) is 12.6 Å². The largest absolute Gasteiger partial charge is 0.481 e. The summed E-state index contributed by atoms with van der Waals surface area (Å²) < 4.78 is 5.21. The molecule has 2 aromatic rings. The summed E-state index contributed by atoms with van der Waals surface area (Å²) in [4.78, 5) is 15.2. The Labute approximate surface area is 111 Å². The number of carboxylic acids is 1. The monoisotopic (exact) mass is 260 g/mol. The molecule has 5 heteroatoms. The fraction of sp³-hybridized carbons (Fsp3) is 0.286. The summed E-state index contributed by atoms with van der Waals surface area (Å²) in [6.45, 7) is 1.99. The molecule has 2 rings (SSSR count). The predicted octanol–water partition coefficient (Wildman–Crippen LogP) is 1.51. The molecule has 1 heterocycles. The van der Waals surface area contributed by atoms with Gasteiger partial charge >= 0.3 is 5.97 Å². The molecule has 1 atom stereocenters. The van der Waals surface area contributed by atoms with Gasteiger partial charge in [0.15, 0.2) is 0 Å². The number of ether oxygens (including phenoxy) is 1. The minimum absolute atomic E-state index is 0.190. The van der Waals surface area contributed by atoms with Crippen LogP contribution in [0.5, 0.6) is 5.88 Å². The molecule has 0 saturated carbocycles. The number of hydrogen-bond donors (Lipinski definition) is 2. The molecule has 0 saturated heterocycles. The summed E-state index contributed by atoms with van der Waals surface area (Å²) in [7, 11) is 1.51. The molecular formula is C14H16N2O3. The SMILES string of the molecule is COc1nc2cc(C)ccc2cc1CC(N)C(=O)O. The summed E-state index contributed by atoms with van der Waals surface area (Å²) in [6.07, 6.45) is 0.190. The fourth-order valence-corrected chi connectivity index (χ4v) is 1.95. The predicted molar refractivity (Wildman–Crippen MR) is 72.3 cm³/mol. The molecule has 1 unspecified atom stereocenters. The molecule has 0 amide bonds. The maximum atomic E-state index is 10.8. The highest BCUT2D eigenvalue weighted by Crippen LogP contribution is 2.24. The van der Waals surface area contributed by atoms with Gasteiger partial charge in [0.25, 0.3) is 0 Å². The van der Waals surface area contributed by atoms with Crippen LogP contribution in [0.1, 0.15) is 11.1 Å². The molecule has 0 radical (unpaired) electrons. The number of fused-ring (bicyclic) bond motifs is 1. The number of aromatic nitrogens is 1. The van der Waals surface area contributed by atoms with Crippen molar-refractivity contribution in [3.8, 4) is 5.88 Å². The molecule has 0 aliphatic heterocycles. The first-order valence-electron chi connectivity index (χ1n) is 5.94. The average Bonchev–Trinajstić information content (AvgIpc) is 2.38. The average molecular weight is 260 g/mol. The van der Waals surface area contributed by atoms with Crippen LogP contribution in [0.2, 0.25) is 0 Å². The number of benzene rings is 1. The van der Waals surface area contributed by atoms with Gasteiger partial charge in [-0.1, -0.05) is 12.1 Å². The highest BCUT2D eigenvalue weighted by atomic mass is 16.5. The smallest absolute Gasteiger partial charge is 0.320 e. The number of methoxy groups -OCH3 is 1. The topological polar surface area (TPSA) is 85.4 Å². The summed E-state index contributed by atoms with van der Waals surface area (Å²) in [5.74, 6) is -0.610. The van der Waals surface area contributed by atoms with Crippen LogP contribution < -0.4 is 10.5 Å². The quantitative estimate of drug-likeness (QED) is 0.870. The maximum Gasteiger partial charge on any atom is 0.320 e. The highest BCUT2D eigenvalue weighted by Gasteiger charge is 2.16. The maximum absolute atomic E-state index is 10.8. The van der Waals surface area contributed by atoms with E-state index in [1.54, 1.807) is 0 Å². The van der Waals surface area contributed by atoms with Gasteiger partial charge in [-0.05, 0) is 24.6 Å². The molecule has 0 fully saturated rings. The van der Waals surface area contributed by atoms with E-state index in [0.29, 0.717) is 11.4 Å². The number of pyridine rings is 1. The van der Waals surface area contributed by atoms with Crippen LogP contribution in [0.15, 0.2) is 24.3 Å². The van der Waals surface area contributed by atoms with Crippen molar-refractivity contribution in [3.63, 3.8) is 0 Å². The minimum atomic E-state index is -1.04. The first-order chi connectivity index (χ1) is 9.01. The van der Waals surface area contributed by atoms with Crippen LogP contribution in [0.25, 0.3) is 10.9 Å². The van der Waals surface area contributed by atoms with Gasteiger partial charge in [0.2, 0.25) is 5.88 Å². The van der Waals surface area contributed by atoms with Crippen molar-refractivity contribution in [2.75, 3.05) is 7.11 Å². The zero-order valence-corrected chi connectivity index (χ0v) is 10.9. The van der Waals surface area contributed by atoms with Gasteiger partial charge in [-0.15, -0.1) is 0 Å². The van der Waals surface area contributed by atoms with Crippen molar-refractivity contribution in [2.45, 2.75) is 19.4 Å². The number of rotatable bonds is 4. The third kappa shape index (κ3) is 2.82. The van der Waals surface area contributed by atoms with Crippen molar-refractivity contribution in [1.29, 1.82) is 0 Å². The highest BCUT2D eigenvalue weighted by molar-refractivity contribution is 5.81. The lowest BCUT2D eigenvalue weighted by atomic mass is 10.0. The van der Waals surface area contributed by atoms with Crippen molar-refractivity contribution < 1.29 is 14.6 Å². The lowest BCUT2D eigenvalue weighted by molar-refractivity contribution is -0.138. The number of carboxylic acid groups (broad SMARTS) is 1. The molecule has 0 aliphatic rings. The summed E-state index contributed by atoms with van der Waals surface area (Å²) >= 11 is 0. The van der Waals surface area contributed by atoms with E-state index in [1.807, 2.05) is 31.2 Å². The Kier molecular flexibility index (Phi) is 3.66. The fourth-order valence-electron chi connectivity index (χ4n) is 1.95. The van der Waals surface area contributed by atoms with Crippen molar-refractivity contribution >= 4 is 16.9 Å². The van der Waals surface area contributed by atoms with E-state index < -0.39 is 12.0 Å². The van der Waals surface area contributed by atoms with Crippen LogP contribution in [-0.2, 0) is 11.2 Å². The summed E-state index contributed by atoms with van der Waals surface area (Å²) in [5.41, 5.74) is 8.19. The normalized spacial score (nSPS) is 12.4. The molecule has 1 aromatic heterocycles. The number of nitrogens with zero attached hydrogens (tertiary/aromatic N) is 1. The van der Waals surface area contributed by atoms with E-state index in [0.717, 1.165) is 16.5 Å². The van der Waals surface area contributed by atoms with Crippen molar-refractivity contribution in [2.24, 2.45) is 5.73 Å². The zero-order valence-electron chi connectivity index (χ0n) is 10.9. The van der Waals surface area contributed by atoms with E-state index in [4.69, 9.17) is 15.6 Å². The molecule has 5 nitrogen and oxygen atoms in total. The summed E-state index contributed by atoms with van der Waals surface area (Å²) in [5, 5.41) is 9.81. The second kappa shape index (κ2) is 5.24. The second-order valence-corrected chi connectivity index (χ2v) is 4.50. The number of hydrogen-bond acceptors (Lipinski definition) is 4. The van der Waals surface area contributed by atoms with Gasteiger partial charge < -0.3 is 15.6 Å². The molecular weight excluding hydrogens is 244 g/mol. The minimum Gasteiger partial charge on any atom is -0.481 e. The molecule has 0 spiro atoms. The zero-order chi connectivity index (χ0) is 14.0. The standard InChI is InChI=1S/C14H16N2O3/c1-8-3-4-9-6-10(7-11(15)14(17)18)13(19-2)16-12(9)5-8/h3-6,11H,7,15H2,1-2H3,(H,17,18). The third-order valence-electron chi connectivity index (χ3n) is 2.96. The lowest BCUT2D eigenvalue weighted by Gasteiger charge is -2.11. The Morgan fingerprint density at radius 2 is 2.21 bits per heavy atom. The second-order valence-electron chi connectivity index (χ2n) is 4.50. The van der Waals surface area contributed by atoms with Gasteiger partial charge in [-0.2, -0.15) is 0 Å². The summed E-state index contributed by atoms with van der Waals surface area (Å²) in [6, 6.07) is 6.81. The van der Waals surface area contributed by atoms with Crippen molar-refractivity contribution in [3.05, 3.63) is 35.4 Å². The number of carbonyl (C=O) groups is 1. The van der Waals surface area contributed by atoms with Gasteiger partial charge in [-0.3, -0.25) is 4.79 Å². The van der Waals surface area contributed by atoms with Gasteiger partial charge in [0.1, 0.15) is 6.04 Å². The number of aryl methyl sites for hydroxylation is 1. The van der Waals surface area contributed by atoms with Crippen LogP contribution in [0.3, 0.4) is 0 Å². The lowest BCUT2D eigenvalue weighted by Crippen LogP contribution is -2.32. The van der Waals surface area contributed by atoms with Crippen LogP contribution in [0, 0.1) is 6.92 Å². The molecule has 0 aliphatic carbocycles. The Balaban J connectivity index is 2.48. The Bertz CT molecular complexity index is 625. The van der Waals surface area contributed by atoms with Gasteiger partial charge in [-0.25, -0.2) is 4.98 Å². The van der Waals surface area contributed by atoms with E-state index in [-0.39, 0.29) is 6.42 Å². The Morgan fingerprint density at radius 1 is 1.47 bits per heavy atom. The first kappa shape index (κ1) is 13.3. The van der Waals surface area contributed by atoms with E-state index in [9.17, 15) is 4.79 Å². The molecule has 19 heavy (non-hydrogen) atoms. The van der Waals surface area contributed by atoms with E-state index in [1.165, 1.54) is 7.11 Å². The number of nitrogens with two attached hydrogens (primary N) is 1. The van der Waals surface area contributed by atoms with Crippen LogP contribution >= 0.6 is 0 Å². The number of aliphatic carboxylic acids is 1. The molecule has 100 valence electrons. The van der Waals surface area contributed by atoms with Crippen LogP contribution in [0.4, 0.5) is 0 Å².